The van der Waals surface area contributed by atoms with Gasteiger partial charge in [-0.1, -0.05) is 48.4 Å². The Balaban J connectivity index is 2.22. The molecular weight excluding hydrogens is 328 g/mol. The van der Waals surface area contributed by atoms with Gasteiger partial charge in [0.25, 0.3) is 5.91 Å². The quantitative estimate of drug-likeness (QED) is 0.610. The van der Waals surface area contributed by atoms with E-state index in [9.17, 15) is 4.79 Å². The van der Waals surface area contributed by atoms with Gasteiger partial charge in [0.1, 0.15) is 0 Å². The van der Waals surface area contributed by atoms with E-state index in [0.29, 0.717) is 17.8 Å². The van der Waals surface area contributed by atoms with Crippen molar-refractivity contribution in [1.29, 1.82) is 0 Å². The second-order valence-corrected chi connectivity index (χ2v) is 7.56. The molecule has 0 atom stereocenters. The Bertz CT molecular complexity index is 600. The van der Waals surface area contributed by atoms with Crippen LogP contribution in [0, 0.1) is 12.3 Å². The molecule has 0 fully saturated rings. The predicted octanol–water partition coefficient (Wildman–Crippen LogP) is 4.16. The number of anilines is 1. The Labute approximate surface area is 135 Å². The number of carbonyl (C=O) groups excluding carboxylic acids is 1. The minimum absolute atomic E-state index is 0.0599. The van der Waals surface area contributed by atoms with Crippen molar-refractivity contribution in [3.63, 3.8) is 0 Å². The maximum Gasteiger partial charge on any atom is 0.254 e. The number of hydrogen-bond acceptors (Lipinski definition) is 2. The SMILES string of the molecule is Cc1c(N)cc(Br)cc1C(=O)N1CC=C(C(C)(C)C)CC1. The molecule has 4 heteroatoms. The summed E-state index contributed by atoms with van der Waals surface area (Å²) in [6.45, 7) is 10.0. The maximum atomic E-state index is 12.7. The average molecular weight is 351 g/mol. The molecule has 0 spiro atoms. The summed E-state index contributed by atoms with van der Waals surface area (Å²) in [7, 11) is 0. The van der Waals surface area contributed by atoms with E-state index < -0.39 is 0 Å². The highest BCUT2D eigenvalue weighted by Gasteiger charge is 2.25. The third-order valence-corrected chi connectivity index (χ3v) is 4.56. The van der Waals surface area contributed by atoms with Crippen LogP contribution in [0.3, 0.4) is 0 Å². The van der Waals surface area contributed by atoms with Crippen LogP contribution in [0.15, 0.2) is 28.3 Å². The topological polar surface area (TPSA) is 46.3 Å². The molecule has 0 bridgehead atoms. The van der Waals surface area contributed by atoms with Gasteiger partial charge in [-0.05, 0) is 36.5 Å². The van der Waals surface area contributed by atoms with Gasteiger partial charge in [0, 0.05) is 28.8 Å². The summed E-state index contributed by atoms with van der Waals surface area (Å²) in [5.41, 5.74) is 9.76. The first-order valence-electron chi connectivity index (χ1n) is 7.24. The summed E-state index contributed by atoms with van der Waals surface area (Å²) < 4.78 is 0.844. The van der Waals surface area contributed by atoms with Crippen molar-refractivity contribution >= 4 is 27.5 Å². The second kappa shape index (κ2) is 5.84. The normalized spacial score (nSPS) is 15.9. The third-order valence-electron chi connectivity index (χ3n) is 4.10. The Morgan fingerprint density at radius 3 is 2.52 bits per heavy atom. The van der Waals surface area contributed by atoms with Gasteiger partial charge in [-0.3, -0.25) is 4.79 Å². The van der Waals surface area contributed by atoms with Crippen LogP contribution >= 0.6 is 15.9 Å². The van der Waals surface area contributed by atoms with Gasteiger partial charge in [0.05, 0.1) is 0 Å². The number of carbonyl (C=O) groups is 1. The fraction of sp³-hybridized carbons (Fsp3) is 0.471. The lowest BCUT2D eigenvalue weighted by molar-refractivity contribution is 0.0764. The molecule has 1 aliphatic heterocycles. The number of rotatable bonds is 1. The molecule has 2 N–H and O–H groups in total. The second-order valence-electron chi connectivity index (χ2n) is 6.65. The van der Waals surface area contributed by atoms with Crippen molar-refractivity contribution in [2.24, 2.45) is 5.41 Å². The standard InChI is InChI=1S/C17H23BrN2O/c1-11-14(9-13(18)10-15(11)19)16(21)20-7-5-12(6-8-20)17(2,3)4/h5,9-10H,6-8,19H2,1-4H3. The van der Waals surface area contributed by atoms with Crippen LogP contribution < -0.4 is 5.73 Å². The van der Waals surface area contributed by atoms with Gasteiger partial charge < -0.3 is 10.6 Å². The molecule has 3 nitrogen and oxygen atoms in total. The Morgan fingerprint density at radius 2 is 2.00 bits per heavy atom. The lowest BCUT2D eigenvalue weighted by Gasteiger charge is -2.32. The number of nitrogens with two attached hydrogens (primary N) is 1. The maximum absolute atomic E-state index is 12.7. The summed E-state index contributed by atoms with van der Waals surface area (Å²) in [6.07, 6.45) is 3.13. The zero-order valence-corrected chi connectivity index (χ0v) is 14.8. The first kappa shape index (κ1) is 16.1. The van der Waals surface area contributed by atoms with E-state index in [4.69, 9.17) is 5.73 Å². The van der Waals surface area contributed by atoms with E-state index in [2.05, 4.69) is 42.8 Å². The van der Waals surface area contributed by atoms with Crippen LogP contribution in [0.5, 0.6) is 0 Å². The number of nitrogen functional groups attached to an aromatic ring is 1. The molecule has 0 saturated heterocycles. The Hall–Kier alpha value is -1.29. The molecule has 0 radical (unpaired) electrons. The van der Waals surface area contributed by atoms with Gasteiger partial charge >= 0.3 is 0 Å². The lowest BCUT2D eigenvalue weighted by atomic mass is 9.83. The van der Waals surface area contributed by atoms with Crippen molar-refractivity contribution in [3.05, 3.63) is 39.4 Å². The minimum Gasteiger partial charge on any atom is -0.398 e. The molecule has 0 aromatic heterocycles. The van der Waals surface area contributed by atoms with E-state index in [1.54, 1.807) is 0 Å². The number of nitrogens with zero attached hydrogens (tertiary/aromatic N) is 1. The zero-order chi connectivity index (χ0) is 15.8. The molecule has 114 valence electrons. The molecule has 1 aromatic carbocycles. The summed E-state index contributed by atoms with van der Waals surface area (Å²) in [5.74, 6) is 0.0599. The predicted molar refractivity (Wildman–Crippen MR) is 91.3 cm³/mol. The van der Waals surface area contributed by atoms with Crippen molar-refractivity contribution in [1.82, 2.24) is 4.90 Å². The van der Waals surface area contributed by atoms with E-state index in [1.807, 2.05) is 24.0 Å². The molecule has 0 aliphatic carbocycles. The van der Waals surface area contributed by atoms with Crippen LogP contribution in [0.4, 0.5) is 5.69 Å². The molecule has 1 heterocycles. The average Bonchev–Trinajstić information content (AvgIpc) is 2.41. The fourth-order valence-corrected chi connectivity index (χ4v) is 3.10. The van der Waals surface area contributed by atoms with Crippen molar-refractivity contribution in [3.8, 4) is 0 Å². The summed E-state index contributed by atoms with van der Waals surface area (Å²) in [6, 6.07) is 3.69. The van der Waals surface area contributed by atoms with Gasteiger partial charge in [0.15, 0.2) is 0 Å². The highest BCUT2D eigenvalue weighted by atomic mass is 79.9. The minimum atomic E-state index is 0.0599. The third kappa shape index (κ3) is 3.49. The zero-order valence-electron chi connectivity index (χ0n) is 13.2. The van der Waals surface area contributed by atoms with Crippen LogP contribution in [0.2, 0.25) is 0 Å². The number of halogens is 1. The number of benzene rings is 1. The summed E-state index contributed by atoms with van der Waals surface area (Å²) >= 11 is 3.41. The van der Waals surface area contributed by atoms with Crippen LogP contribution in [0.1, 0.15) is 43.1 Å². The van der Waals surface area contributed by atoms with Crippen LogP contribution in [0.25, 0.3) is 0 Å². The molecule has 1 amide bonds. The van der Waals surface area contributed by atoms with Gasteiger partial charge in [-0.2, -0.15) is 0 Å². The van der Waals surface area contributed by atoms with E-state index in [1.165, 1.54) is 5.57 Å². The number of hydrogen-bond donors (Lipinski definition) is 1. The molecule has 1 aromatic rings. The van der Waals surface area contributed by atoms with Crippen molar-refractivity contribution in [2.75, 3.05) is 18.8 Å². The largest absolute Gasteiger partial charge is 0.398 e. The molecular formula is C17H23BrN2O. The lowest BCUT2D eigenvalue weighted by Crippen LogP contribution is -2.36. The Morgan fingerprint density at radius 1 is 1.33 bits per heavy atom. The van der Waals surface area contributed by atoms with Crippen molar-refractivity contribution < 1.29 is 4.79 Å². The molecule has 0 saturated carbocycles. The van der Waals surface area contributed by atoms with Crippen LogP contribution in [-0.4, -0.2) is 23.9 Å². The molecule has 0 unspecified atom stereocenters. The van der Waals surface area contributed by atoms with Gasteiger partial charge in [0.2, 0.25) is 0 Å². The van der Waals surface area contributed by atoms with Crippen molar-refractivity contribution in [2.45, 2.75) is 34.1 Å². The van der Waals surface area contributed by atoms with E-state index in [0.717, 1.165) is 23.0 Å². The first-order valence-corrected chi connectivity index (χ1v) is 8.04. The first-order chi connectivity index (χ1) is 9.70. The molecule has 1 aliphatic rings. The molecule has 21 heavy (non-hydrogen) atoms. The van der Waals surface area contributed by atoms with E-state index in [-0.39, 0.29) is 11.3 Å². The molecule has 2 rings (SSSR count). The number of amides is 1. The Kier molecular flexibility index (Phi) is 4.47. The smallest absolute Gasteiger partial charge is 0.254 e. The summed E-state index contributed by atoms with van der Waals surface area (Å²) in [5, 5.41) is 0. The monoisotopic (exact) mass is 350 g/mol. The summed E-state index contributed by atoms with van der Waals surface area (Å²) in [4.78, 5) is 14.6. The fourth-order valence-electron chi connectivity index (χ4n) is 2.63. The van der Waals surface area contributed by atoms with E-state index >= 15 is 0 Å². The highest BCUT2D eigenvalue weighted by Crippen LogP contribution is 2.31. The highest BCUT2D eigenvalue weighted by molar-refractivity contribution is 9.10. The van der Waals surface area contributed by atoms with Gasteiger partial charge in [-0.15, -0.1) is 0 Å². The van der Waals surface area contributed by atoms with Crippen LogP contribution in [-0.2, 0) is 0 Å². The van der Waals surface area contributed by atoms with Gasteiger partial charge in [-0.25, -0.2) is 0 Å².